The number of benzene rings is 1. The van der Waals surface area contributed by atoms with E-state index in [-0.39, 0.29) is 22.1 Å². The molecule has 35 heavy (non-hydrogen) atoms. The van der Waals surface area contributed by atoms with Crippen molar-refractivity contribution >= 4 is 33.0 Å². The Balaban J connectivity index is 1.39. The number of anilines is 1. The summed E-state index contributed by atoms with van der Waals surface area (Å²) in [6.45, 7) is 0.513. The molecule has 1 N–H and O–H groups in total. The van der Waals surface area contributed by atoms with E-state index in [4.69, 9.17) is 17.1 Å². The summed E-state index contributed by atoms with van der Waals surface area (Å²) >= 11 is 5.61. The number of hydrogen-bond acceptors (Lipinski definition) is 5. The third-order valence-electron chi connectivity index (χ3n) is 5.98. The number of unbranched alkanes of at least 4 members (excludes halogenated alkanes) is 4. The summed E-state index contributed by atoms with van der Waals surface area (Å²) in [7, 11) is -4.08. The minimum Gasteiger partial charge on any atom is -0.331 e. The van der Waals surface area contributed by atoms with Gasteiger partial charge in [0.2, 0.25) is 0 Å². The Kier molecular flexibility index (Phi) is 11.3. The smallest absolute Gasteiger partial charge is 0.269 e. The van der Waals surface area contributed by atoms with Gasteiger partial charge in [-0.05, 0) is 66.7 Å². The van der Waals surface area contributed by atoms with Crippen LogP contribution in [0.1, 0.15) is 64.2 Å². The van der Waals surface area contributed by atoms with E-state index in [0.29, 0.717) is 18.1 Å². The van der Waals surface area contributed by atoms with Crippen LogP contribution in [0.2, 0.25) is 0 Å². The van der Waals surface area contributed by atoms with Crippen LogP contribution in [-0.2, 0) is 14.9 Å². The Morgan fingerprint density at radius 1 is 0.971 bits per heavy atom. The maximum absolute atomic E-state index is 14.2. The normalized spacial score (nSPS) is 14.7. The molecular formula is C25H35FN4O3S2. The molecule has 0 bridgehead atoms. The largest absolute Gasteiger partial charge is 0.331 e. The first-order chi connectivity index (χ1) is 17.0. The molecule has 2 aromatic rings. The number of thiocarbonyl (C=S) groups is 1. The third kappa shape index (κ3) is 9.10. The molecule has 1 aromatic carbocycles. The standard InChI is InChI=1S/C25H35FN4O3S2/c26-30(35(31,32)24-14-8-5-9-15-24)21-11-3-1-2-10-20-29(33-23-12-6-4-7-13-23)25(34)28-22-16-18-27-19-17-22/h5,8-9,14-19,23H,1-4,6-7,10-13,20-21H2,(H,27,28,34). The summed E-state index contributed by atoms with van der Waals surface area (Å²) in [5.41, 5.74) is 0.864. The molecule has 0 amide bonds. The zero-order valence-electron chi connectivity index (χ0n) is 20.0. The first-order valence-electron chi connectivity index (χ1n) is 12.4. The molecule has 0 atom stereocenters. The molecule has 192 valence electrons. The number of hydroxylamine groups is 2. The van der Waals surface area contributed by atoms with Gasteiger partial charge < -0.3 is 5.32 Å². The molecule has 0 saturated heterocycles. The minimum absolute atomic E-state index is 0.0306. The van der Waals surface area contributed by atoms with Crippen LogP contribution in [0.25, 0.3) is 0 Å². The van der Waals surface area contributed by atoms with Crippen LogP contribution >= 0.6 is 12.2 Å². The molecule has 0 unspecified atom stereocenters. The maximum Gasteiger partial charge on any atom is 0.269 e. The van der Waals surface area contributed by atoms with Gasteiger partial charge in [-0.15, -0.1) is 4.48 Å². The van der Waals surface area contributed by atoms with Crippen molar-refractivity contribution in [2.24, 2.45) is 0 Å². The predicted molar refractivity (Wildman–Crippen MR) is 140 cm³/mol. The first-order valence-corrected chi connectivity index (χ1v) is 14.2. The fourth-order valence-corrected chi connectivity index (χ4v) is 5.37. The van der Waals surface area contributed by atoms with Crippen molar-refractivity contribution in [1.82, 2.24) is 14.6 Å². The van der Waals surface area contributed by atoms with Crippen LogP contribution in [-0.4, -0.2) is 47.3 Å². The highest BCUT2D eigenvalue weighted by Gasteiger charge is 2.24. The highest BCUT2D eigenvalue weighted by molar-refractivity contribution is 7.89. The zero-order valence-corrected chi connectivity index (χ0v) is 21.7. The number of hydrogen-bond donors (Lipinski definition) is 1. The quantitative estimate of drug-likeness (QED) is 0.153. The first kappa shape index (κ1) is 27.4. The lowest BCUT2D eigenvalue weighted by atomic mass is 9.98. The Labute approximate surface area is 213 Å². The van der Waals surface area contributed by atoms with E-state index in [0.717, 1.165) is 44.2 Å². The summed E-state index contributed by atoms with van der Waals surface area (Å²) in [5, 5.41) is 5.54. The summed E-state index contributed by atoms with van der Waals surface area (Å²) in [4.78, 5) is 10.3. The minimum atomic E-state index is -4.08. The molecule has 7 nitrogen and oxygen atoms in total. The second-order valence-electron chi connectivity index (χ2n) is 8.73. The number of rotatable bonds is 13. The van der Waals surface area contributed by atoms with Crippen LogP contribution in [0.3, 0.4) is 0 Å². The molecule has 10 heteroatoms. The van der Waals surface area contributed by atoms with Crippen LogP contribution in [0.4, 0.5) is 10.2 Å². The average molecular weight is 523 g/mol. The molecule has 3 rings (SSSR count). The predicted octanol–water partition coefficient (Wildman–Crippen LogP) is 5.87. The molecular weight excluding hydrogens is 487 g/mol. The van der Waals surface area contributed by atoms with Crippen molar-refractivity contribution in [2.45, 2.75) is 75.2 Å². The second-order valence-corrected chi connectivity index (χ2v) is 10.9. The van der Waals surface area contributed by atoms with Crippen molar-refractivity contribution in [3.8, 4) is 0 Å². The van der Waals surface area contributed by atoms with Crippen molar-refractivity contribution in [1.29, 1.82) is 0 Å². The lowest BCUT2D eigenvalue weighted by molar-refractivity contribution is -0.154. The van der Waals surface area contributed by atoms with E-state index in [9.17, 15) is 12.9 Å². The lowest BCUT2D eigenvalue weighted by Crippen LogP contribution is -2.39. The van der Waals surface area contributed by atoms with E-state index in [1.165, 1.54) is 31.4 Å². The van der Waals surface area contributed by atoms with Gasteiger partial charge in [0, 0.05) is 31.2 Å². The van der Waals surface area contributed by atoms with Gasteiger partial charge in [-0.1, -0.05) is 56.7 Å². The summed E-state index contributed by atoms with van der Waals surface area (Å²) in [6.07, 6.45) is 13.2. The molecule has 0 spiro atoms. The molecule has 1 aliphatic carbocycles. The van der Waals surface area contributed by atoms with E-state index in [1.807, 2.05) is 12.1 Å². The van der Waals surface area contributed by atoms with Crippen molar-refractivity contribution in [2.75, 3.05) is 18.4 Å². The fraction of sp³-hybridized carbons (Fsp3) is 0.520. The topological polar surface area (TPSA) is 74.8 Å². The Hall–Kier alpha value is -2.14. The third-order valence-corrected chi connectivity index (χ3v) is 7.86. The number of nitrogens with zero attached hydrogens (tertiary/aromatic N) is 3. The van der Waals surface area contributed by atoms with Gasteiger partial charge >= 0.3 is 0 Å². The molecule has 0 aliphatic heterocycles. The van der Waals surface area contributed by atoms with Crippen molar-refractivity contribution in [3.63, 3.8) is 0 Å². The molecule has 1 aromatic heterocycles. The highest BCUT2D eigenvalue weighted by atomic mass is 32.2. The van der Waals surface area contributed by atoms with Crippen molar-refractivity contribution < 1.29 is 17.7 Å². The average Bonchev–Trinajstić information content (AvgIpc) is 2.89. The van der Waals surface area contributed by atoms with Gasteiger partial charge in [0.15, 0.2) is 5.11 Å². The number of nitrogens with one attached hydrogen (secondary N) is 1. The molecule has 1 fully saturated rings. The SMILES string of the molecule is O=S(=O)(c1ccccc1)N(F)CCCCCCCN(OC1CCCCC1)C(=S)Nc1ccncc1. The summed E-state index contributed by atoms with van der Waals surface area (Å²) < 4.78 is 38.7. The Morgan fingerprint density at radius 2 is 1.60 bits per heavy atom. The Morgan fingerprint density at radius 3 is 2.29 bits per heavy atom. The number of sulfonamides is 1. The van der Waals surface area contributed by atoms with Gasteiger partial charge in [-0.25, -0.2) is 13.5 Å². The summed E-state index contributed by atoms with van der Waals surface area (Å²) in [5.74, 6) is 0. The van der Waals surface area contributed by atoms with Crippen LogP contribution < -0.4 is 5.32 Å². The lowest BCUT2D eigenvalue weighted by Gasteiger charge is -2.31. The second kappa shape index (κ2) is 14.4. The number of halogens is 1. The fourth-order valence-electron chi connectivity index (χ4n) is 4.02. The molecule has 1 saturated carbocycles. The monoisotopic (exact) mass is 522 g/mol. The molecule has 1 heterocycles. The molecule has 0 radical (unpaired) electrons. The van der Waals surface area contributed by atoms with Crippen LogP contribution in [0.15, 0.2) is 59.8 Å². The van der Waals surface area contributed by atoms with Crippen LogP contribution in [0, 0.1) is 0 Å². The van der Waals surface area contributed by atoms with E-state index >= 15 is 0 Å². The molecule has 1 aliphatic rings. The highest BCUT2D eigenvalue weighted by Crippen LogP contribution is 2.22. The van der Waals surface area contributed by atoms with Gasteiger partial charge in [-0.3, -0.25) is 9.82 Å². The van der Waals surface area contributed by atoms with E-state index < -0.39 is 10.0 Å². The Bertz CT molecular complexity index is 990. The summed E-state index contributed by atoms with van der Waals surface area (Å²) in [6, 6.07) is 11.4. The van der Waals surface area contributed by atoms with E-state index in [1.54, 1.807) is 35.7 Å². The van der Waals surface area contributed by atoms with Gasteiger partial charge in [0.25, 0.3) is 10.0 Å². The van der Waals surface area contributed by atoms with E-state index in [2.05, 4.69) is 10.3 Å². The number of aromatic nitrogens is 1. The van der Waals surface area contributed by atoms with Crippen LogP contribution in [0.5, 0.6) is 0 Å². The van der Waals surface area contributed by atoms with Gasteiger partial charge in [-0.2, -0.15) is 0 Å². The van der Waals surface area contributed by atoms with Gasteiger partial charge in [0.05, 0.1) is 11.0 Å². The zero-order chi connectivity index (χ0) is 24.9. The van der Waals surface area contributed by atoms with Gasteiger partial charge in [0.1, 0.15) is 0 Å². The number of pyridine rings is 1. The maximum atomic E-state index is 14.2. The van der Waals surface area contributed by atoms with Crippen molar-refractivity contribution in [3.05, 3.63) is 54.9 Å².